The zero-order chi connectivity index (χ0) is 23.4. The highest BCUT2D eigenvalue weighted by atomic mass is 32.2. The second kappa shape index (κ2) is 10.2. The molecule has 0 bridgehead atoms. The van der Waals surface area contributed by atoms with Crippen molar-refractivity contribution in [3.05, 3.63) is 59.8 Å². The first-order valence-electron chi connectivity index (χ1n) is 11.5. The molecule has 178 valence electrons. The molecule has 0 spiro atoms. The second-order valence-corrected chi connectivity index (χ2v) is 10.4. The molecule has 0 saturated carbocycles. The van der Waals surface area contributed by atoms with Gasteiger partial charge < -0.3 is 14.5 Å². The van der Waals surface area contributed by atoms with E-state index in [1.807, 2.05) is 49.5 Å². The smallest absolute Gasteiger partial charge is 0.279 e. The number of aromatic nitrogens is 1. The van der Waals surface area contributed by atoms with Gasteiger partial charge in [0, 0.05) is 42.7 Å². The molecule has 2 heterocycles. The molecular weight excluding hydrogens is 438 g/mol. The molecule has 2 atom stereocenters. The van der Waals surface area contributed by atoms with Crippen LogP contribution in [0.5, 0.6) is 11.5 Å². The van der Waals surface area contributed by atoms with Gasteiger partial charge in [-0.25, -0.2) is 4.72 Å². The summed E-state index contributed by atoms with van der Waals surface area (Å²) in [5.74, 6) is 1.47. The van der Waals surface area contributed by atoms with E-state index in [1.54, 1.807) is 11.4 Å². The van der Waals surface area contributed by atoms with E-state index in [2.05, 4.69) is 22.7 Å². The van der Waals surface area contributed by atoms with E-state index in [1.165, 1.54) is 0 Å². The minimum absolute atomic E-state index is 0.206. The van der Waals surface area contributed by atoms with E-state index >= 15 is 0 Å². The van der Waals surface area contributed by atoms with E-state index in [9.17, 15) is 8.42 Å². The Bertz CT molecular complexity index is 1190. The van der Waals surface area contributed by atoms with Gasteiger partial charge in [0.2, 0.25) is 0 Å². The minimum Gasteiger partial charge on any atom is -0.493 e. The van der Waals surface area contributed by atoms with Crippen molar-refractivity contribution in [1.82, 2.24) is 14.0 Å². The molecule has 2 aromatic carbocycles. The van der Waals surface area contributed by atoms with Crippen molar-refractivity contribution in [2.75, 3.05) is 33.4 Å². The van der Waals surface area contributed by atoms with Crippen LogP contribution in [0, 0.1) is 5.92 Å². The number of nitrogens with zero attached hydrogens (tertiary/aromatic N) is 1. The van der Waals surface area contributed by atoms with Gasteiger partial charge >= 0.3 is 0 Å². The first-order chi connectivity index (χ1) is 15.9. The summed E-state index contributed by atoms with van der Waals surface area (Å²) in [6, 6.07) is 13.9. The summed E-state index contributed by atoms with van der Waals surface area (Å²) in [5.41, 5.74) is 3.00. The van der Waals surface area contributed by atoms with Crippen LogP contribution >= 0.6 is 0 Å². The van der Waals surface area contributed by atoms with Crippen LogP contribution in [-0.2, 0) is 10.2 Å². The number of rotatable bonds is 9. The van der Waals surface area contributed by atoms with Crippen LogP contribution in [0.15, 0.2) is 48.7 Å². The van der Waals surface area contributed by atoms with Crippen molar-refractivity contribution in [2.45, 2.75) is 32.6 Å². The Hall–Kier alpha value is -2.55. The lowest BCUT2D eigenvalue weighted by molar-refractivity contribution is 0.278. The fourth-order valence-corrected chi connectivity index (χ4v) is 5.99. The normalized spacial score (nSPS) is 18.3. The average molecular weight is 472 g/mol. The van der Waals surface area contributed by atoms with Gasteiger partial charge in [0.15, 0.2) is 11.5 Å². The minimum atomic E-state index is -3.58. The third kappa shape index (κ3) is 5.18. The summed E-state index contributed by atoms with van der Waals surface area (Å²) in [6.45, 7) is 5.93. The number of hydrogen-bond acceptors (Lipinski definition) is 4. The Balaban J connectivity index is 1.68. The SMILES string of the molecule is CCOc1ccc([C@@H](CNS(=O)(=O)N2CCC[C@H](C)C2)c2c[nH]c3ccccc23)cc1OC. The first kappa shape index (κ1) is 23.6. The van der Waals surface area contributed by atoms with Crippen LogP contribution in [0.4, 0.5) is 0 Å². The molecule has 8 heteroatoms. The molecule has 1 fully saturated rings. The maximum Gasteiger partial charge on any atom is 0.279 e. The fourth-order valence-electron chi connectivity index (χ4n) is 4.61. The number of ether oxygens (including phenoxy) is 2. The highest BCUT2D eigenvalue weighted by Crippen LogP contribution is 2.36. The summed E-state index contributed by atoms with van der Waals surface area (Å²) in [7, 11) is -1.97. The number of nitrogens with one attached hydrogen (secondary N) is 2. The van der Waals surface area contributed by atoms with Crippen molar-refractivity contribution in [3.63, 3.8) is 0 Å². The second-order valence-electron chi connectivity index (χ2n) is 8.64. The number of fused-ring (bicyclic) bond motifs is 1. The van der Waals surface area contributed by atoms with Gasteiger partial charge in [-0.05, 0) is 55.0 Å². The van der Waals surface area contributed by atoms with Gasteiger partial charge in [-0.3, -0.25) is 0 Å². The van der Waals surface area contributed by atoms with Crippen LogP contribution in [0.2, 0.25) is 0 Å². The fraction of sp³-hybridized carbons (Fsp3) is 0.440. The lowest BCUT2D eigenvalue weighted by atomic mass is 9.91. The largest absolute Gasteiger partial charge is 0.493 e. The molecule has 1 saturated heterocycles. The highest BCUT2D eigenvalue weighted by Gasteiger charge is 2.29. The van der Waals surface area contributed by atoms with Gasteiger partial charge in [0.1, 0.15) is 0 Å². The zero-order valence-electron chi connectivity index (χ0n) is 19.5. The lowest BCUT2D eigenvalue weighted by Gasteiger charge is -2.30. The van der Waals surface area contributed by atoms with Gasteiger partial charge in [-0.2, -0.15) is 12.7 Å². The first-order valence-corrected chi connectivity index (χ1v) is 13.0. The maximum absolute atomic E-state index is 13.1. The monoisotopic (exact) mass is 471 g/mol. The van der Waals surface area contributed by atoms with E-state index in [0.29, 0.717) is 37.1 Å². The van der Waals surface area contributed by atoms with Crippen molar-refractivity contribution in [3.8, 4) is 11.5 Å². The average Bonchev–Trinajstić information content (AvgIpc) is 3.24. The Labute approximate surface area is 196 Å². The summed E-state index contributed by atoms with van der Waals surface area (Å²) in [5, 5.41) is 1.07. The van der Waals surface area contributed by atoms with Gasteiger partial charge in [0.25, 0.3) is 10.2 Å². The van der Waals surface area contributed by atoms with Crippen LogP contribution < -0.4 is 14.2 Å². The van der Waals surface area contributed by atoms with Crippen LogP contribution in [0.25, 0.3) is 10.9 Å². The number of aromatic amines is 1. The molecule has 0 amide bonds. The summed E-state index contributed by atoms with van der Waals surface area (Å²) in [4.78, 5) is 3.32. The van der Waals surface area contributed by atoms with Crippen LogP contribution in [-0.4, -0.2) is 51.1 Å². The predicted octanol–water partition coefficient (Wildman–Crippen LogP) is 4.27. The topological polar surface area (TPSA) is 83.7 Å². The van der Waals surface area contributed by atoms with E-state index in [4.69, 9.17) is 9.47 Å². The van der Waals surface area contributed by atoms with Gasteiger partial charge in [-0.15, -0.1) is 0 Å². The van der Waals surface area contributed by atoms with Gasteiger partial charge in [0.05, 0.1) is 13.7 Å². The predicted molar refractivity (Wildman–Crippen MR) is 131 cm³/mol. The molecule has 4 rings (SSSR count). The van der Waals surface area contributed by atoms with Crippen molar-refractivity contribution in [2.24, 2.45) is 5.92 Å². The Morgan fingerprint density at radius 1 is 1.21 bits per heavy atom. The maximum atomic E-state index is 13.1. The highest BCUT2D eigenvalue weighted by molar-refractivity contribution is 7.87. The molecule has 3 aromatic rings. The van der Waals surface area contributed by atoms with Crippen molar-refractivity contribution >= 4 is 21.1 Å². The Morgan fingerprint density at radius 3 is 2.79 bits per heavy atom. The standard InChI is InChI=1S/C25H33N3O4S/c1-4-32-24-12-11-19(14-25(24)31-3)21(22-15-26-23-10-6-5-9-20(22)23)16-27-33(29,30)28-13-7-8-18(2)17-28/h5-6,9-12,14-15,18,21,26-27H,4,7-8,13,16-17H2,1-3H3/t18-,21+/m0/s1. The third-order valence-corrected chi connectivity index (χ3v) is 7.86. The molecule has 0 radical (unpaired) electrons. The van der Waals surface area contributed by atoms with E-state index < -0.39 is 10.2 Å². The quantitative estimate of drug-likeness (QED) is 0.488. The van der Waals surface area contributed by atoms with Gasteiger partial charge in [-0.1, -0.05) is 31.2 Å². The molecule has 2 N–H and O–H groups in total. The molecule has 1 aliphatic heterocycles. The van der Waals surface area contributed by atoms with Crippen molar-refractivity contribution < 1.29 is 17.9 Å². The molecule has 0 aliphatic carbocycles. The number of methoxy groups -OCH3 is 1. The molecular formula is C25H33N3O4S. The lowest BCUT2D eigenvalue weighted by Crippen LogP contribution is -2.46. The third-order valence-electron chi connectivity index (χ3n) is 6.32. The van der Waals surface area contributed by atoms with E-state index in [-0.39, 0.29) is 12.5 Å². The number of benzene rings is 2. The molecule has 7 nitrogen and oxygen atoms in total. The molecule has 1 aromatic heterocycles. The van der Waals surface area contributed by atoms with Crippen LogP contribution in [0.3, 0.4) is 0 Å². The summed E-state index contributed by atoms with van der Waals surface area (Å²) >= 11 is 0. The number of H-pyrrole nitrogens is 1. The molecule has 1 aliphatic rings. The number of para-hydroxylation sites is 1. The molecule has 0 unspecified atom stereocenters. The zero-order valence-corrected chi connectivity index (χ0v) is 20.3. The van der Waals surface area contributed by atoms with Crippen LogP contribution in [0.1, 0.15) is 43.7 Å². The summed E-state index contributed by atoms with van der Waals surface area (Å²) < 4.78 is 42.0. The Morgan fingerprint density at radius 2 is 2.03 bits per heavy atom. The summed E-state index contributed by atoms with van der Waals surface area (Å²) in [6.07, 6.45) is 3.93. The number of hydrogen-bond donors (Lipinski definition) is 2. The Kier molecular flexibility index (Phi) is 7.26. The van der Waals surface area contributed by atoms with E-state index in [0.717, 1.165) is 34.9 Å². The number of piperidine rings is 1. The molecule has 33 heavy (non-hydrogen) atoms. The van der Waals surface area contributed by atoms with Crippen molar-refractivity contribution in [1.29, 1.82) is 0 Å².